The summed E-state index contributed by atoms with van der Waals surface area (Å²) in [5.41, 5.74) is 3.51. The number of aryl methyl sites for hydroxylation is 1. The van der Waals surface area contributed by atoms with Crippen LogP contribution in [0.5, 0.6) is 0 Å². The number of amides is 1. The highest BCUT2D eigenvalue weighted by molar-refractivity contribution is 6.02. The summed E-state index contributed by atoms with van der Waals surface area (Å²) in [7, 11) is 0. The Bertz CT molecular complexity index is 1390. The minimum absolute atomic E-state index is 0.164. The first-order valence-corrected chi connectivity index (χ1v) is 14.4. The summed E-state index contributed by atoms with van der Waals surface area (Å²) in [5.74, 6) is -2.97. The molecular weight excluding hydrogens is 522 g/mol. The topological polar surface area (TPSA) is 57.7 Å². The van der Waals surface area contributed by atoms with Crippen molar-refractivity contribution < 1.29 is 23.2 Å². The number of ketones is 2. The number of likely N-dealkylation sites (tertiary alicyclic amines) is 2. The molecule has 5 nitrogen and oxygen atoms in total. The van der Waals surface area contributed by atoms with E-state index >= 15 is 0 Å². The summed E-state index contributed by atoms with van der Waals surface area (Å²) >= 11 is 0. The number of nitrogens with zero attached hydrogens (tertiary/aromatic N) is 2. The fourth-order valence-electron chi connectivity index (χ4n) is 6.52. The lowest BCUT2D eigenvalue weighted by Gasteiger charge is -2.44. The molecule has 0 aliphatic carbocycles. The first-order chi connectivity index (χ1) is 19.7. The van der Waals surface area contributed by atoms with Crippen LogP contribution in [0.3, 0.4) is 0 Å². The summed E-state index contributed by atoms with van der Waals surface area (Å²) in [6.07, 6.45) is 2.16. The van der Waals surface area contributed by atoms with Gasteiger partial charge in [0.05, 0.1) is 0 Å². The van der Waals surface area contributed by atoms with E-state index in [1.165, 1.54) is 36.4 Å². The molecule has 0 bridgehead atoms. The van der Waals surface area contributed by atoms with E-state index in [1.807, 2.05) is 36.9 Å². The molecule has 1 amide bonds. The summed E-state index contributed by atoms with van der Waals surface area (Å²) in [6, 6.07) is 17.3. The number of benzene rings is 3. The van der Waals surface area contributed by atoms with Crippen molar-refractivity contribution in [2.75, 3.05) is 32.7 Å². The van der Waals surface area contributed by atoms with Crippen LogP contribution in [0.1, 0.15) is 62.6 Å². The van der Waals surface area contributed by atoms with Gasteiger partial charge in [-0.25, -0.2) is 8.78 Å². The second kappa shape index (κ2) is 12.4. The molecular formula is C34H36F2N2O3. The molecule has 2 aliphatic heterocycles. The van der Waals surface area contributed by atoms with Crippen molar-refractivity contribution in [3.05, 3.63) is 106 Å². The maximum absolute atomic E-state index is 14.2. The van der Waals surface area contributed by atoms with Crippen molar-refractivity contribution in [2.45, 2.75) is 39.0 Å². The lowest BCUT2D eigenvalue weighted by molar-refractivity contribution is -0.127. The van der Waals surface area contributed by atoms with Gasteiger partial charge in [0.1, 0.15) is 11.6 Å². The molecule has 5 rings (SSSR count). The molecule has 0 spiro atoms. The molecule has 2 aliphatic rings. The number of Topliss-reactive ketones (excluding diaryl/α,β-unsaturated/α-hetero) is 2. The molecule has 41 heavy (non-hydrogen) atoms. The molecule has 2 fully saturated rings. The van der Waals surface area contributed by atoms with Crippen LogP contribution in [0, 0.1) is 37.3 Å². The molecule has 0 radical (unpaired) electrons. The van der Waals surface area contributed by atoms with Crippen molar-refractivity contribution in [3.63, 3.8) is 0 Å². The predicted octanol–water partition coefficient (Wildman–Crippen LogP) is 5.99. The van der Waals surface area contributed by atoms with Gasteiger partial charge in [0.25, 0.3) is 0 Å². The van der Waals surface area contributed by atoms with E-state index in [1.54, 1.807) is 12.1 Å². The summed E-state index contributed by atoms with van der Waals surface area (Å²) in [4.78, 5) is 44.4. The van der Waals surface area contributed by atoms with E-state index in [4.69, 9.17) is 0 Å². The van der Waals surface area contributed by atoms with Gasteiger partial charge in [0, 0.05) is 61.5 Å². The normalized spacial score (nSPS) is 21.3. The molecule has 2 heterocycles. The molecule has 0 N–H and O–H groups in total. The Morgan fingerprint density at radius 1 is 0.829 bits per heavy atom. The van der Waals surface area contributed by atoms with Gasteiger partial charge in [0.2, 0.25) is 5.91 Å². The minimum Gasteiger partial charge on any atom is -0.343 e. The Kier molecular flexibility index (Phi) is 8.74. The Balaban J connectivity index is 1.54. The highest BCUT2D eigenvalue weighted by Gasteiger charge is 2.45. The Labute approximate surface area is 240 Å². The predicted molar refractivity (Wildman–Crippen MR) is 154 cm³/mol. The minimum atomic E-state index is -0.623. The number of carbonyl (C=O) groups excluding carboxylic acids is 3. The van der Waals surface area contributed by atoms with Crippen molar-refractivity contribution in [1.82, 2.24) is 9.80 Å². The highest BCUT2D eigenvalue weighted by Crippen LogP contribution is 2.42. The van der Waals surface area contributed by atoms with Gasteiger partial charge >= 0.3 is 0 Å². The third kappa shape index (κ3) is 6.30. The quantitative estimate of drug-likeness (QED) is 0.303. The van der Waals surface area contributed by atoms with Crippen LogP contribution in [-0.4, -0.2) is 60.0 Å². The largest absolute Gasteiger partial charge is 0.343 e. The van der Waals surface area contributed by atoms with Gasteiger partial charge in [0.15, 0.2) is 11.6 Å². The Hall–Kier alpha value is -3.71. The maximum Gasteiger partial charge on any atom is 0.222 e. The zero-order chi connectivity index (χ0) is 29.1. The fraction of sp³-hybridized carbons (Fsp3) is 0.382. The molecule has 2 unspecified atom stereocenters. The first kappa shape index (κ1) is 28.8. The smallest absolute Gasteiger partial charge is 0.222 e. The highest BCUT2D eigenvalue weighted by atomic mass is 19.1. The van der Waals surface area contributed by atoms with Crippen molar-refractivity contribution in [2.24, 2.45) is 11.8 Å². The number of rotatable bonds is 9. The van der Waals surface area contributed by atoms with Crippen molar-refractivity contribution in [1.29, 1.82) is 0 Å². The van der Waals surface area contributed by atoms with Gasteiger partial charge in [-0.3, -0.25) is 14.4 Å². The van der Waals surface area contributed by atoms with Gasteiger partial charge in [-0.15, -0.1) is 0 Å². The van der Waals surface area contributed by atoms with Gasteiger partial charge in [-0.2, -0.15) is 0 Å². The second-order valence-electron chi connectivity index (χ2n) is 11.4. The molecule has 3 aromatic carbocycles. The van der Waals surface area contributed by atoms with Crippen LogP contribution in [0.2, 0.25) is 0 Å². The van der Waals surface area contributed by atoms with Crippen LogP contribution < -0.4 is 0 Å². The first-order valence-electron chi connectivity index (χ1n) is 14.4. The Morgan fingerprint density at radius 2 is 1.41 bits per heavy atom. The molecule has 7 heteroatoms. The molecule has 0 aromatic heterocycles. The van der Waals surface area contributed by atoms with Crippen LogP contribution in [-0.2, 0) is 4.79 Å². The lowest BCUT2D eigenvalue weighted by Crippen LogP contribution is -2.51. The number of hydrogen-bond donors (Lipinski definition) is 0. The number of hydrogen-bond acceptors (Lipinski definition) is 4. The lowest BCUT2D eigenvalue weighted by atomic mass is 9.67. The van der Waals surface area contributed by atoms with Gasteiger partial charge < -0.3 is 9.80 Å². The molecule has 214 valence electrons. The van der Waals surface area contributed by atoms with E-state index in [-0.39, 0.29) is 28.6 Å². The summed E-state index contributed by atoms with van der Waals surface area (Å²) < 4.78 is 28.5. The van der Waals surface area contributed by atoms with Crippen LogP contribution in [0.15, 0.2) is 66.7 Å². The van der Waals surface area contributed by atoms with Crippen molar-refractivity contribution in [3.8, 4) is 0 Å². The Morgan fingerprint density at radius 3 is 1.95 bits per heavy atom. The van der Waals surface area contributed by atoms with E-state index < -0.39 is 29.4 Å². The number of halogens is 2. The van der Waals surface area contributed by atoms with E-state index in [0.29, 0.717) is 39.0 Å². The van der Waals surface area contributed by atoms with Crippen LogP contribution in [0.4, 0.5) is 8.78 Å². The summed E-state index contributed by atoms with van der Waals surface area (Å²) in [5, 5.41) is 0. The monoisotopic (exact) mass is 558 g/mol. The average Bonchev–Trinajstić information content (AvgIpc) is 3.37. The average molecular weight is 559 g/mol. The number of piperidine rings is 1. The molecule has 0 saturated carbocycles. The zero-order valence-corrected chi connectivity index (χ0v) is 23.6. The van der Waals surface area contributed by atoms with Gasteiger partial charge in [-0.1, -0.05) is 42.5 Å². The molecule has 2 saturated heterocycles. The van der Waals surface area contributed by atoms with Crippen molar-refractivity contribution >= 4 is 17.5 Å². The molecule has 3 aromatic rings. The van der Waals surface area contributed by atoms with Crippen LogP contribution >= 0.6 is 0 Å². The maximum atomic E-state index is 14.2. The summed E-state index contributed by atoms with van der Waals surface area (Å²) in [6.45, 7) is 6.78. The SMILES string of the molecule is Cc1cccc(C2C(C(=O)c3cccc(F)c3)CN(CCCN3CCCC3=O)CC2C(=O)c2cccc(F)c2)c1C. The van der Waals surface area contributed by atoms with E-state index in [0.717, 1.165) is 29.7 Å². The van der Waals surface area contributed by atoms with E-state index in [9.17, 15) is 23.2 Å². The third-order valence-electron chi connectivity index (χ3n) is 8.75. The zero-order valence-electron chi connectivity index (χ0n) is 23.6. The van der Waals surface area contributed by atoms with Gasteiger partial charge in [-0.05, 0) is 74.2 Å². The third-order valence-corrected chi connectivity index (χ3v) is 8.75. The van der Waals surface area contributed by atoms with E-state index in [2.05, 4.69) is 4.90 Å². The van der Waals surface area contributed by atoms with Crippen LogP contribution in [0.25, 0.3) is 0 Å². The second-order valence-corrected chi connectivity index (χ2v) is 11.4. The molecule has 2 atom stereocenters. The standard InChI is InChI=1S/C34H36F2N2O3/c1-22-8-3-13-28(23(22)2)32-29(33(40)24-9-4-11-26(35)18-24)20-37(15-7-17-38-16-6-14-31(38)39)21-30(32)34(41)25-10-5-12-27(36)19-25/h3-5,8-13,18-19,29-30,32H,6-7,14-17,20-21H2,1-2H3. The fourth-order valence-corrected chi connectivity index (χ4v) is 6.52. The number of carbonyl (C=O) groups is 3.